The van der Waals surface area contributed by atoms with Gasteiger partial charge in [0.05, 0.1) is 24.9 Å². The zero-order chi connectivity index (χ0) is 22.5. The quantitative estimate of drug-likeness (QED) is 0.368. The van der Waals surface area contributed by atoms with Crippen LogP contribution in [0.5, 0.6) is 5.75 Å². The summed E-state index contributed by atoms with van der Waals surface area (Å²) in [5, 5.41) is 0.524. The first kappa shape index (κ1) is 21.8. The van der Waals surface area contributed by atoms with Gasteiger partial charge in [-0.1, -0.05) is 42.5 Å². The average molecular weight is 449 g/mol. The molecule has 0 aliphatic heterocycles. The molecule has 0 unspecified atom stereocenters. The predicted molar refractivity (Wildman–Crippen MR) is 126 cm³/mol. The lowest BCUT2D eigenvalue weighted by molar-refractivity contribution is -0.144. The molecule has 0 spiro atoms. The van der Waals surface area contributed by atoms with E-state index in [1.165, 1.54) is 22.2 Å². The molecule has 7 heteroatoms. The van der Waals surface area contributed by atoms with E-state index in [-0.39, 0.29) is 18.7 Å². The summed E-state index contributed by atoms with van der Waals surface area (Å²) in [4.78, 5) is 31.6. The Balaban J connectivity index is 1.54. The van der Waals surface area contributed by atoms with Gasteiger partial charge < -0.3 is 9.47 Å². The van der Waals surface area contributed by atoms with Gasteiger partial charge in [-0.15, -0.1) is 11.3 Å². The molecule has 0 fully saturated rings. The van der Waals surface area contributed by atoms with E-state index in [4.69, 9.17) is 9.47 Å². The van der Waals surface area contributed by atoms with Gasteiger partial charge in [0.15, 0.2) is 0 Å². The molecule has 0 radical (unpaired) electrons. The number of hydrogen-bond donors (Lipinski definition) is 0. The number of nitrogens with zero attached hydrogens (tertiary/aromatic N) is 2. The number of carbonyl (C=O) groups excluding carboxylic acids is 1. The van der Waals surface area contributed by atoms with E-state index in [1.54, 1.807) is 0 Å². The van der Waals surface area contributed by atoms with Gasteiger partial charge in [0.1, 0.15) is 17.1 Å². The Labute approximate surface area is 190 Å². The van der Waals surface area contributed by atoms with Crippen molar-refractivity contribution >= 4 is 27.5 Å². The molecule has 4 aromatic rings. The maximum absolute atomic E-state index is 13.2. The van der Waals surface area contributed by atoms with Crippen LogP contribution in [0.15, 0.2) is 65.7 Å². The molecule has 0 amide bonds. The zero-order valence-electron chi connectivity index (χ0n) is 18.0. The fraction of sp³-hybridized carbons (Fsp3) is 0.240. The van der Waals surface area contributed by atoms with Gasteiger partial charge in [-0.25, -0.2) is 4.98 Å². The minimum absolute atomic E-state index is 0.172. The number of hydrogen-bond acceptors (Lipinski definition) is 6. The first-order valence-electron chi connectivity index (χ1n) is 10.5. The minimum Gasteiger partial charge on any atom is -0.494 e. The van der Waals surface area contributed by atoms with Gasteiger partial charge in [-0.05, 0) is 37.1 Å². The molecule has 0 bridgehead atoms. The molecule has 0 aliphatic rings. The summed E-state index contributed by atoms with van der Waals surface area (Å²) in [6.07, 6.45) is 2.05. The van der Waals surface area contributed by atoms with Gasteiger partial charge in [0.2, 0.25) is 0 Å². The summed E-state index contributed by atoms with van der Waals surface area (Å²) >= 11 is 1.47. The van der Waals surface area contributed by atoms with Crippen molar-refractivity contribution in [3.05, 3.63) is 81.7 Å². The molecular formula is C25H24N2O4S. The Morgan fingerprint density at radius 1 is 1.09 bits per heavy atom. The van der Waals surface area contributed by atoms with E-state index >= 15 is 0 Å². The molecule has 0 atom stereocenters. The molecule has 6 nitrogen and oxygen atoms in total. The second-order valence-electron chi connectivity index (χ2n) is 7.30. The summed E-state index contributed by atoms with van der Waals surface area (Å²) < 4.78 is 12.2. The molecule has 2 aromatic carbocycles. The van der Waals surface area contributed by atoms with Gasteiger partial charge in [0.25, 0.3) is 5.56 Å². The lowest BCUT2D eigenvalue weighted by Gasteiger charge is -2.08. The van der Waals surface area contributed by atoms with Crippen LogP contribution < -0.4 is 10.3 Å². The fourth-order valence-corrected chi connectivity index (χ4v) is 4.60. The highest BCUT2D eigenvalue weighted by Crippen LogP contribution is 2.36. The Hall–Kier alpha value is -3.45. The molecule has 0 aliphatic carbocycles. The number of thiophene rings is 1. The van der Waals surface area contributed by atoms with Crippen LogP contribution in [0.3, 0.4) is 0 Å². The lowest BCUT2D eigenvalue weighted by atomic mass is 10.0. The minimum atomic E-state index is -0.459. The third-order valence-corrected chi connectivity index (χ3v) is 6.12. The van der Waals surface area contributed by atoms with Crippen molar-refractivity contribution in [1.82, 2.24) is 9.55 Å². The molecule has 0 saturated heterocycles. The zero-order valence-corrected chi connectivity index (χ0v) is 18.9. The molecular weight excluding hydrogens is 424 g/mol. The first-order valence-corrected chi connectivity index (χ1v) is 11.3. The van der Waals surface area contributed by atoms with Gasteiger partial charge in [-0.3, -0.25) is 14.2 Å². The van der Waals surface area contributed by atoms with Crippen molar-refractivity contribution in [1.29, 1.82) is 0 Å². The SMILES string of the molecule is CCOc1ccc(-c2c(C)sc3ncn(CC(=O)OCCc4ccccc4)c(=O)c23)cc1. The molecule has 0 N–H and O–H groups in total. The number of carbonyl (C=O) groups is 1. The number of esters is 1. The van der Waals surface area contributed by atoms with E-state index in [2.05, 4.69) is 4.98 Å². The van der Waals surface area contributed by atoms with E-state index in [1.807, 2.05) is 68.4 Å². The van der Waals surface area contributed by atoms with Crippen LogP contribution in [-0.4, -0.2) is 28.7 Å². The van der Waals surface area contributed by atoms with Crippen LogP contribution in [0.4, 0.5) is 0 Å². The Kier molecular flexibility index (Phi) is 6.66. The predicted octanol–water partition coefficient (Wildman–Crippen LogP) is 4.62. The summed E-state index contributed by atoms with van der Waals surface area (Å²) in [6, 6.07) is 17.5. The topological polar surface area (TPSA) is 70.4 Å². The first-order chi connectivity index (χ1) is 15.6. The number of aryl methyl sites for hydroxylation is 1. The average Bonchev–Trinajstić information content (AvgIpc) is 3.14. The van der Waals surface area contributed by atoms with Crippen LogP contribution in [0.2, 0.25) is 0 Å². The molecule has 164 valence electrons. The normalized spacial score (nSPS) is 10.9. The smallest absolute Gasteiger partial charge is 0.326 e. The third-order valence-electron chi connectivity index (χ3n) is 5.10. The molecule has 0 saturated carbocycles. The molecule has 2 heterocycles. The van der Waals surface area contributed by atoms with Crippen molar-refractivity contribution in [3.63, 3.8) is 0 Å². The number of rotatable bonds is 8. The number of ether oxygens (including phenoxy) is 2. The second kappa shape index (κ2) is 9.78. The Bertz CT molecular complexity index is 1280. The summed E-state index contributed by atoms with van der Waals surface area (Å²) in [6.45, 7) is 4.59. The van der Waals surface area contributed by atoms with Crippen molar-refractivity contribution < 1.29 is 14.3 Å². The summed E-state index contributed by atoms with van der Waals surface area (Å²) in [7, 11) is 0. The van der Waals surface area contributed by atoms with Gasteiger partial charge in [-0.2, -0.15) is 0 Å². The number of aromatic nitrogens is 2. The number of benzene rings is 2. The van der Waals surface area contributed by atoms with Crippen LogP contribution in [0, 0.1) is 6.92 Å². The van der Waals surface area contributed by atoms with Crippen molar-refractivity contribution in [2.24, 2.45) is 0 Å². The maximum Gasteiger partial charge on any atom is 0.326 e. The lowest BCUT2D eigenvalue weighted by Crippen LogP contribution is -2.26. The molecule has 4 rings (SSSR count). The standard InChI is InChI=1S/C25H24N2O4S/c1-3-30-20-11-9-19(10-12-20)22-17(2)32-24-23(22)25(29)27(16-26-24)15-21(28)31-14-13-18-7-5-4-6-8-18/h4-12,16H,3,13-15H2,1-2H3. The van der Waals surface area contributed by atoms with Gasteiger partial charge in [0, 0.05) is 16.9 Å². The maximum atomic E-state index is 13.2. The van der Waals surface area contributed by atoms with Crippen LogP contribution in [0.25, 0.3) is 21.3 Å². The van der Waals surface area contributed by atoms with E-state index < -0.39 is 5.97 Å². The second-order valence-corrected chi connectivity index (χ2v) is 8.51. The van der Waals surface area contributed by atoms with E-state index in [0.29, 0.717) is 23.2 Å². The highest BCUT2D eigenvalue weighted by molar-refractivity contribution is 7.19. The van der Waals surface area contributed by atoms with Gasteiger partial charge >= 0.3 is 5.97 Å². The highest BCUT2D eigenvalue weighted by Gasteiger charge is 2.18. The Morgan fingerprint density at radius 2 is 1.84 bits per heavy atom. The van der Waals surface area contributed by atoms with E-state index in [9.17, 15) is 9.59 Å². The monoisotopic (exact) mass is 448 g/mol. The third kappa shape index (κ3) is 4.73. The highest BCUT2D eigenvalue weighted by atomic mass is 32.1. The van der Waals surface area contributed by atoms with Crippen molar-refractivity contribution in [2.45, 2.75) is 26.8 Å². The van der Waals surface area contributed by atoms with Crippen LogP contribution in [-0.2, 0) is 22.5 Å². The molecule has 2 aromatic heterocycles. The molecule has 32 heavy (non-hydrogen) atoms. The Morgan fingerprint density at radius 3 is 2.56 bits per heavy atom. The van der Waals surface area contributed by atoms with Crippen LogP contribution >= 0.6 is 11.3 Å². The summed E-state index contributed by atoms with van der Waals surface area (Å²) in [5.74, 6) is 0.320. The largest absolute Gasteiger partial charge is 0.494 e. The van der Waals surface area contributed by atoms with E-state index in [0.717, 1.165) is 27.3 Å². The van der Waals surface area contributed by atoms with Crippen LogP contribution in [0.1, 0.15) is 17.4 Å². The number of fused-ring (bicyclic) bond motifs is 1. The fourth-order valence-electron chi connectivity index (χ4n) is 3.59. The van der Waals surface area contributed by atoms with Crippen molar-refractivity contribution in [3.8, 4) is 16.9 Å². The summed E-state index contributed by atoms with van der Waals surface area (Å²) in [5.41, 5.74) is 2.61. The van der Waals surface area contributed by atoms with Crippen molar-refractivity contribution in [2.75, 3.05) is 13.2 Å².